The van der Waals surface area contributed by atoms with Crippen LogP contribution < -0.4 is 0 Å². The molecule has 0 atom stereocenters. The van der Waals surface area contributed by atoms with Crippen LogP contribution in [0.15, 0.2) is 36.8 Å². The molecule has 0 bridgehead atoms. The second-order valence-corrected chi connectivity index (χ2v) is 4.15. The van der Waals surface area contributed by atoms with Crippen LogP contribution in [0.3, 0.4) is 0 Å². The lowest BCUT2D eigenvalue weighted by Crippen LogP contribution is -2.06. The van der Waals surface area contributed by atoms with Crippen molar-refractivity contribution in [2.75, 3.05) is 0 Å². The Morgan fingerprint density at radius 3 is 2.55 bits per heavy atom. The third-order valence-electron chi connectivity index (χ3n) is 2.69. The van der Waals surface area contributed by atoms with Crippen LogP contribution in [0, 0.1) is 0 Å². The highest BCUT2D eigenvalue weighted by Crippen LogP contribution is 2.24. The highest BCUT2D eigenvalue weighted by Gasteiger charge is 2.15. The molecule has 0 aliphatic heterocycles. The van der Waals surface area contributed by atoms with Gasteiger partial charge in [0.1, 0.15) is 11.4 Å². The summed E-state index contributed by atoms with van der Waals surface area (Å²) in [6.45, 7) is 0. The number of hydrogen-bond acceptors (Lipinski definition) is 5. The fraction of sp³-hybridized carbons (Fsp3) is 0.143. The molecule has 102 valence electrons. The first kappa shape index (κ1) is 13.7. The molecule has 20 heavy (non-hydrogen) atoms. The summed E-state index contributed by atoms with van der Waals surface area (Å²) in [4.78, 5) is 30.0. The summed E-state index contributed by atoms with van der Waals surface area (Å²) in [6, 6.07) is 4.96. The first-order chi connectivity index (χ1) is 9.58. The summed E-state index contributed by atoms with van der Waals surface area (Å²) in [6.07, 6.45) is 4.21. The van der Waals surface area contributed by atoms with Crippen molar-refractivity contribution >= 4 is 11.8 Å². The van der Waals surface area contributed by atoms with Gasteiger partial charge in [0.15, 0.2) is 5.78 Å². The molecule has 0 amide bonds. The maximum absolute atomic E-state index is 11.7. The van der Waals surface area contributed by atoms with E-state index in [0.29, 0.717) is 5.56 Å². The number of carboxylic acid groups (broad SMARTS) is 1. The van der Waals surface area contributed by atoms with E-state index in [0.717, 1.165) is 5.56 Å². The molecular formula is C14H12N2O4. The Morgan fingerprint density at radius 1 is 1.15 bits per heavy atom. The summed E-state index contributed by atoms with van der Waals surface area (Å²) in [5.74, 6) is -1.82. The average molecular weight is 272 g/mol. The molecule has 0 aliphatic carbocycles. The third kappa shape index (κ3) is 3.17. The van der Waals surface area contributed by atoms with Gasteiger partial charge in [0, 0.05) is 36.1 Å². The lowest BCUT2D eigenvalue weighted by Gasteiger charge is -2.05. The van der Waals surface area contributed by atoms with Crippen LogP contribution in [-0.4, -0.2) is 31.9 Å². The smallest absolute Gasteiger partial charge is 0.303 e. The number of nitrogens with zero attached hydrogens (tertiary/aromatic N) is 2. The number of rotatable bonds is 5. The minimum atomic E-state index is -1.06. The summed E-state index contributed by atoms with van der Waals surface area (Å²) in [7, 11) is 0. The minimum absolute atomic E-state index is 0.112. The number of aromatic hydroxyl groups is 1. The van der Waals surface area contributed by atoms with Crippen LogP contribution in [0.1, 0.15) is 23.3 Å². The van der Waals surface area contributed by atoms with Gasteiger partial charge in [-0.3, -0.25) is 14.6 Å². The fourth-order valence-electron chi connectivity index (χ4n) is 1.70. The lowest BCUT2D eigenvalue weighted by molar-refractivity contribution is -0.136. The molecule has 2 N–H and O–H groups in total. The van der Waals surface area contributed by atoms with Crippen molar-refractivity contribution in [2.45, 2.75) is 12.8 Å². The van der Waals surface area contributed by atoms with E-state index in [-0.39, 0.29) is 24.3 Å². The molecule has 0 saturated carbocycles. The Kier molecular flexibility index (Phi) is 4.05. The van der Waals surface area contributed by atoms with Gasteiger partial charge in [0.2, 0.25) is 0 Å². The number of pyridine rings is 2. The SMILES string of the molecule is O=C(O)CCC(=O)c1ncc(-c2cccnc2)cc1O. The highest BCUT2D eigenvalue weighted by molar-refractivity contribution is 5.98. The van der Waals surface area contributed by atoms with E-state index < -0.39 is 11.8 Å². The van der Waals surface area contributed by atoms with E-state index in [1.807, 2.05) is 0 Å². The average Bonchev–Trinajstić information content (AvgIpc) is 2.45. The van der Waals surface area contributed by atoms with Crippen LogP contribution in [0.25, 0.3) is 11.1 Å². The van der Waals surface area contributed by atoms with Crippen LogP contribution in [-0.2, 0) is 4.79 Å². The molecule has 0 aromatic carbocycles. The molecule has 2 aromatic rings. The van der Waals surface area contributed by atoms with E-state index in [1.165, 1.54) is 12.3 Å². The molecule has 2 heterocycles. The van der Waals surface area contributed by atoms with Gasteiger partial charge >= 0.3 is 5.97 Å². The number of aromatic nitrogens is 2. The molecular weight excluding hydrogens is 260 g/mol. The molecule has 6 nitrogen and oxygen atoms in total. The Labute approximate surface area is 114 Å². The number of carboxylic acids is 1. The van der Waals surface area contributed by atoms with Gasteiger partial charge < -0.3 is 10.2 Å². The first-order valence-electron chi connectivity index (χ1n) is 5.92. The monoisotopic (exact) mass is 272 g/mol. The van der Waals surface area contributed by atoms with Crippen molar-refractivity contribution < 1.29 is 19.8 Å². The molecule has 0 aliphatic rings. The number of carbonyl (C=O) groups is 2. The molecule has 0 spiro atoms. The highest BCUT2D eigenvalue weighted by atomic mass is 16.4. The van der Waals surface area contributed by atoms with Gasteiger partial charge in [-0.05, 0) is 12.1 Å². The quantitative estimate of drug-likeness (QED) is 0.806. The summed E-state index contributed by atoms with van der Waals surface area (Å²) in [5.41, 5.74) is 1.28. The Morgan fingerprint density at radius 2 is 1.95 bits per heavy atom. The van der Waals surface area contributed by atoms with Crippen molar-refractivity contribution in [3.63, 3.8) is 0 Å². The van der Waals surface area contributed by atoms with Crippen molar-refractivity contribution in [1.29, 1.82) is 0 Å². The molecule has 0 unspecified atom stereocenters. The molecule has 0 radical (unpaired) electrons. The van der Waals surface area contributed by atoms with Gasteiger partial charge in [-0.15, -0.1) is 0 Å². The zero-order valence-electron chi connectivity index (χ0n) is 10.5. The van der Waals surface area contributed by atoms with E-state index in [2.05, 4.69) is 9.97 Å². The molecule has 2 rings (SSSR count). The molecule has 6 heteroatoms. The zero-order valence-corrected chi connectivity index (χ0v) is 10.5. The van der Waals surface area contributed by atoms with Crippen LogP contribution in [0.4, 0.5) is 0 Å². The predicted octanol–water partition coefficient (Wildman–Crippen LogP) is 1.90. The van der Waals surface area contributed by atoms with Gasteiger partial charge in [0.05, 0.1) is 6.42 Å². The number of aliphatic carboxylic acids is 1. The maximum atomic E-state index is 11.7. The Balaban J connectivity index is 2.22. The Hall–Kier alpha value is -2.76. The number of carbonyl (C=O) groups excluding carboxylic acids is 1. The van der Waals surface area contributed by atoms with Crippen molar-refractivity contribution in [1.82, 2.24) is 9.97 Å². The van der Waals surface area contributed by atoms with Gasteiger partial charge in [-0.25, -0.2) is 4.98 Å². The summed E-state index contributed by atoms with van der Waals surface area (Å²) in [5, 5.41) is 18.4. The number of hydrogen-bond donors (Lipinski definition) is 2. The standard InChI is InChI=1S/C14H12N2O4/c17-11(3-4-13(19)20)14-12(18)6-10(8-16-14)9-2-1-5-15-7-9/h1-2,5-8,18H,3-4H2,(H,19,20). The topological polar surface area (TPSA) is 100 Å². The summed E-state index contributed by atoms with van der Waals surface area (Å²) >= 11 is 0. The molecule has 0 fully saturated rings. The largest absolute Gasteiger partial charge is 0.506 e. The number of ketones is 1. The molecule has 0 saturated heterocycles. The molecule has 2 aromatic heterocycles. The van der Waals surface area contributed by atoms with Crippen molar-refractivity contribution in [2.24, 2.45) is 0 Å². The van der Waals surface area contributed by atoms with Gasteiger partial charge in [-0.2, -0.15) is 0 Å². The Bertz CT molecular complexity index is 641. The van der Waals surface area contributed by atoms with Crippen LogP contribution in [0.2, 0.25) is 0 Å². The lowest BCUT2D eigenvalue weighted by atomic mass is 10.1. The first-order valence-corrected chi connectivity index (χ1v) is 5.92. The van der Waals surface area contributed by atoms with E-state index in [4.69, 9.17) is 5.11 Å². The minimum Gasteiger partial charge on any atom is -0.506 e. The van der Waals surface area contributed by atoms with Crippen LogP contribution in [0.5, 0.6) is 5.75 Å². The normalized spacial score (nSPS) is 10.2. The number of Topliss-reactive ketones (excluding diaryl/α,β-unsaturated/α-hetero) is 1. The second-order valence-electron chi connectivity index (χ2n) is 4.15. The fourth-order valence-corrected chi connectivity index (χ4v) is 1.70. The van der Waals surface area contributed by atoms with Crippen molar-refractivity contribution in [3.05, 3.63) is 42.5 Å². The van der Waals surface area contributed by atoms with E-state index >= 15 is 0 Å². The van der Waals surface area contributed by atoms with Gasteiger partial charge in [-0.1, -0.05) is 6.07 Å². The van der Waals surface area contributed by atoms with Gasteiger partial charge in [0.25, 0.3) is 0 Å². The third-order valence-corrected chi connectivity index (χ3v) is 2.69. The zero-order chi connectivity index (χ0) is 14.5. The predicted molar refractivity (Wildman–Crippen MR) is 70.3 cm³/mol. The maximum Gasteiger partial charge on any atom is 0.303 e. The van der Waals surface area contributed by atoms with E-state index in [1.54, 1.807) is 24.5 Å². The van der Waals surface area contributed by atoms with E-state index in [9.17, 15) is 14.7 Å². The second kappa shape index (κ2) is 5.92. The summed E-state index contributed by atoms with van der Waals surface area (Å²) < 4.78 is 0. The van der Waals surface area contributed by atoms with Crippen LogP contribution >= 0.6 is 0 Å². The van der Waals surface area contributed by atoms with Crippen molar-refractivity contribution in [3.8, 4) is 16.9 Å².